The Hall–Kier alpha value is -1.13. The van der Waals surface area contributed by atoms with Crippen molar-refractivity contribution in [2.45, 2.75) is 13.0 Å². The van der Waals surface area contributed by atoms with Gasteiger partial charge in [-0.3, -0.25) is 9.69 Å². The zero-order valence-electron chi connectivity index (χ0n) is 8.95. The Balaban J connectivity index is 2.03. The molecule has 1 amide bonds. The molecule has 86 valence electrons. The number of halogens is 1. The molecular formula is C11H14ClN3O. The zero-order chi connectivity index (χ0) is 11.4. The van der Waals surface area contributed by atoms with Crippen LogP contribution in [0.4, 0.5) is 0 Å². The van der Waals surface area contributed by atoms with Crippen molar-refractivity contribution in [2.75, 3.05) is 19.6 Å². The molecule has 16 heavy (non-hydrogen) atoms. The molecule has 0 spiro atoms. The summed E-state index contributed by atoms with van der Waals surface area (Å²) in [6.07, 6.45) is 2.64. The third-order valence-corrected chi connectivity index (χ3v) is 2.91. The molecule has 5 heteroatoms. The number of carbonyl (C=O) groups is 1. The molecule has 0 radical (unpaired) electrons. The highest BCUT2D eigenvalue weighted by molar-refractivity contribution is 6.30. The molecule has 1 aliphatic heterocycles. The lowest BCUT2D eigenvalue weighted by Gasteiger charge is -2.18. The minimum atomic E-state index is 0.0810. The van der Waals surface area contributed by atoms with Crippen LogP contribution in [-0.4, -0.2) is 35.4 Å². The van der Waals surface area contributed by atoms with E-state index in [2.05, 4.69) is 15.2 Å². The van der Waals surface area contributed by atoms with Crippen molar-refractivity contribution >= 4 is 17.5 Å². The van der Waals surface area contributed by atoms with Crippen LogP contribution in [0.5, 0.6) is 0 Å². The number of nitrogens with one attached hydrogen (secondary N) is 1. The summed E-state index contributed by atoms with van der Waals surface area (Å²) in [7, 11) is 0. The molecule has 0 aromatic carbocycles. The van der Waals surface area contributed by atoms with Crippen molar-refractivity contribution in [1.82, 2.24) is 15.2 Å². The fourth-order valence-electron chi connectivity index (χ4n) is 1.78. The van der Waals surface area contributed by atoms with Gasteiger partial charge in [-0.25, -0.2) is 4.98 Å². The highest BCUT2D eigenvalue weighted by atomic mass is 35.5. The zero-order valence-corrected chi connectivity index (χ0v) is 9.70. The summed E-state index contributed by atoms with van der Waals surface area (Å²) in [5, 5.41) is 3.37. The topological polar surface area (TPSA) is 45.2 Å². The fourth-order valence-corrected chi connectivity index (χ4v) is 1.96. The molecule has 1 aliphatic rings. The predicted molar refractivity (Wildman–Crippen MR) is 62.2 cm³/mol. The number of amides is 1. The standard InChI is InChI=1S/C11H14ClN3O/c12-11-9(3-1-4-14-11)7-15-6-2-5-13-10(16)8-15/h1,3-4H,2,5-8H2,(H,13,16). The van der Waals surface area contributed by atoms with E-state index in [1.54, 1.807) is 6.20 Å². The van der Waals surface area contributed by atoms with E-state index in [1.807, 2.05) is 12.1 Å². The Labute approximate surface area is 99.6 Å². The molecule has 0 aliphatic carbocycles. The van der Waals surface area contributed by atoms with E-state index in [-0.39, 0.29) is 5.91 Å². The van der Waals surface area contributed by atoms with Crippen molar-refractivity contribution in [3.63, 3.8) is 0 Å². The molecule has 1 fully saturated rings. The van der Waals surface area contributed by atoms with Gasteiger partial charge in [0, 0.05) is 31.4 Å². The summed E-state index contributed by atoms with van der Waals surface area (Å²) in [6, 6.07) is 3.80. The molecule has 0 bridgehead atoms. The Morgan fingerprint density at radius 3 is 3.25 bits per heavy atom. The van der Waals surface area contributed by atoms with Gasteiger partial charge < -0.3 is 5.32 Å². The van der Waals surface area contributed by atoms with Crippen LogP contribution < -0.4 is 5.32 Å². The van der Waals surface area contributed by atoms with Crippen molar-refractivity contribution in [3.05, 3.63) is 29.0 Å². The smallest absolute Gasteiger partial charge is 0.234 e. The Bertz CT molecular complexity index is 383. The summed E-state index contributed by atoms with van der Waals surface area (Å²) in [5.41, 5.74) is 0.971. The maximum Gasteiger partial charge on any atom is 0.234 e. The van der Waals surface area contributed by atoms with Crippen LogP contribution in [0.15, 0.2) is 18.3 Å². The third-order valence-electron chi connectivity index (χ3n) is 2.57. The van der Waals surface area contributed by atoms with Gasteiger partial charge in [0.2, 0.25) is 5.91 Å². The molecule has 1 N–H and O–H groups in total. The normalized spacial score (nSPS) is 17.9. The number of carbonyl (C=O) groups excluding carboxylic acids is 1. The van der Waals surface area contributed by atoms with Gasteiger partial charge in [-0.2, -0.15) is 0 Å². The molecule has 1 aromatic rings. The number of hydrogen-bond acceptors (Lipinski definition) is 3. The van der Waals surface area contributed by atoms with Crippen LogP contribution in [0.25, 0.3) is 0 Å². The number of hydrogen-bond donors (Lipinski definition) is 1. The van der Waals surface area contributed by atoms with Crippen molar-refractivity contribution < 1.29 is 4.79 Å². The lowest BCUT2D eigenvalue weighted by atomic mass is 10.2. The lowest BCUT2D eigenvalue weighted by Crippen LogP contribution is -2.32. The maximum absolute atomic E-state index is 11.4. The van der Waals surface area contributed by atoms with E-state index >= 15 is 0 Å². The largest absolute Gasteiger partial charge is 0.355 e. The second kappa shape index (κ2) is 5.27. The maximum atomic E-state index is 11.4. The molecule has 2 rings (SSSR count). The van der Waals surface area contributed by atoms with Crippen molar-refractivity contribution in [2.24, 2.45) is 0 Å². The Morgan fingerprint density at radius 1 is 1.56 bits per heavy atom. The number of rotatable bonds is 2. The van der Waals surface area contributed by atoms with Gasteiger partial charge in [-0.15, -0.1) is 0 Å². The molecule has 2 heterocycles. The highest BCUT2D eigenvalue weighted by Crippen LogP contribution is 2.14. The molecule has 4 nitrogen and oxygen atoms in total. The molecular weight excluding hydrogens is 226 g/mol. The van der Waals surface area contributed by atoms with Crippen LogP contribution in [0.3, 0.4) is 0 Å². The molecule has 0 unspecified atom stereocenters. The second-order valence-electron chi connectivity index (χ2n) is 3.87. The molecule has 1 saturated heterocycles. The van der Waals surface area contributed by atoms with Gasteiger partial charge in [0.25, 0.3) is 0 Å². The van der Waals surface area contributed by atoms with E-state index in [1.165, 1.54) is 0 Å². The molecule has 0 saturated carbocycles. The summed E-state index contributed by atoms with van der Waals surface area (Å²) >= 11 is 5.98. The number of aromatic nitrogens is 1. The summed E-state index contributed by atoms with van der Waals surface area (Å²) < 4.78 is 0. The first-order chi connectivity index (χ1) is 7.75. The van der Waals surface area contributed by atoms with Crippen molar-refractivity contribution in [3.8, 4) is 0 Å². The minimum Gasteiger partial charge on any atom is -0.355 e. The van der Waals surface area contributed by atoms with Crippen LogP contribution in [0.1, 0.15) is 12.0 Å². The average Bonchev–Trinajstić information content (AvgIpc) is 2.46. The fraction of sp³-hybridized carbons (Fsp3) is 0.455. The summed E-state index contributed by atoms with van der Waals surface area (Å²) in [6.45, 7) is 2.78. The van der Waals surface area contributed by atoms with Crippen LogP contribution in [0, 0.1) is 0 Å². The van der Waals surface area contributed by atoms with Crippen LogP contribution in [0.2, 0.25) is 5.15 Å². The molecule has 1 aromatic heterocycles. The molecule has 0 atom stereocenters. The van der Waals surface area contributed by atoms with E-state index in [0.29, 0.717) is 18.2 Å². The first kappa shape index (κ1) is 11.4. The van der Waals surface area contributed by atoms with E-state index in [0.717, 1.165) is 25.1 Å². The third kappa shape index (κ3) is 2.93. The van der Waals surface area contributed by atoms with E-state index < -0.39 is 0 Å². The number of nitrogens with zero attached hydrogens (tertiary/aromatic N) is 2. The number of pyridine rings is 1. The predicted octanol–water partition coefficient (Wildman–Crippen LogP) is 1.06. The first-order valence-electron chi connectivity index (χ1n) is 5.34. The Kier molecular flexibility index (Phi) is 3.74. The summed E-state index contributed by atoms with van der Waals surface area (Å²) in [4.78, 5) is 17.5. The van der Waals surface area contributed by atoms with E-state index in [4.69, 9.17) is 11.6 Å². The second-order valence-corrected chi connectivity index (χ2v) is 4.23. The highest BCUT2D eigenvalue weighted by Gasteiger charge is 2.15. The van der Waals surface area contributed by atoms with Crippen molar-refractivity contribution in [1.29, 1.82) is 0 Å². The van der Waals surface area contributed by atoms with Gasteiger partial charge >= 0.3 is 0 Å². The lowest BCUT2D eigenvalue weighted by molar-refractivity contribution is -0.121. The summed E-state index contributed by atoms with van der Waals surface area (Å²) in [5.74, 6) is 0.0810. The van der Waals surface area contributed by atoms with Crippen LogP contribution >= 0.6 is 11.6 Å². The minimum absolute atomic E-state index is 0.0810. The average molecular weight is 240 g/mol. The van der Waals surface area contributed by atoms with Gasteiger partial charge in [0.1, 0.15) is 5.15 Å². The van der Waals surface area contributed by atoms with Gasteiger partial charge in [0.05, 0.1) is 6.54 Å². The van der Waals surface area contributed by atoms with E-state index in [9.17, 15) is 4.79 Å². The van der Waals surface area contributed by atoms with Gasteiger partial charge in [-0.1, -0.05) is 17.7 Å². The SMILES string of the molecule is O=C1CN(Cc2cccnc2Cl)CCCN1. The van der Waals surface area contributed by atoms with Gasteiger partial charge in [0.15, 0.2) is 0 Å². The Morgan fingerprint density at radius 2 is 2.44 bits per heavy atom. The van der Waals surface area contributed by atoms with Gasteiger partial charge in [-0.05, 0) is 12.5 Å². The first-order valence-corrected chi connectivity index (χ1v) is 5.72. The van der Waals surface area contributed by atoms with Crippen LogP contribution in [-0.2, 0) is 11.3 Å². The monoisotopic (exact) mass is 239 g/mol. The quantitative estimate of drug-likeness (QED) is 0.785.